The molecule has 0 aromatic heterocycles. The molecule has 0 saturated heterocycles. The number of ether oxygens (including phenoxy) is 1. The third kappa shape index (κ3) is 4.85. The van der Waals surface area contributed by atoms with Crippen LogP contribution in [0.2, 0.25) is 5.02 Å². The molecular weight excluding hydrogens is 347 g/mol. The Balaban J connectivity index is 2.29. The van der Waals surface area contributed by atoms with Gasteiger partial charge in [-0.1, -0.05) is 41.9 Å². The Morgan fingerprint density at radius 1 is 1.40 bits per heavy atom. The minimum absolute atomic E-state index is 0.0226. The first-order valence-electron chi connectivity index (χ1n) is 7.47. The van der Waals surface area contributed by atoms with Crippen molar-refractivity contribution in [2.45, 2.75) is 12.5 Å². The van der Waals surface area contributed by atoms with Crippen molar-refractivity contribution in [2.75, 3.05) is 13.6 Å². The van der Waals surface area contributed by atoms with Gasteiger partial charge in [-0.3, -0.25) is 0 Å². The number of halogens is 2. The van der Waals surface area contributed by atoms with E-state index in [9.17, 15) is 14.4 Å². The van der Waals surface area contributed by atoms with Gasteiger partial charge in [0.15, 0.2) is 0 Å². The summed E-state index contributed by atoms with van der Waals surface area (Å²) in [6.45, 7) is 0.228. The van der Waals surface area contributed by atoms with E-state index in [-0.39, 0.29) is 22.9 Å². The monoisotopic (exact) mass is 362 g/mol. The first kappa shape index (κ1) is 18.6. The smallest absolute Gasteiger partial charge is 0.407 e. The lowest BCUT2D eigenvalue weighted by Gasteiger charge is -2.22. The largest absolute Gasteiger partial charge is 0.484 e. The van der Waals surface area contributed by atoms with Crippen LogP contribution in [-0.2, 0) is 0 Å². The van der Waals surface area contributed by atoms with Crippen molar-refractivity contribution in [3.63, 3.8) is 0 Å². The van der Waals surface area contributed by atoms with Gasteiger partial charge in [-0.25, -0.2) is 9.18 Å². The van der Waals surface area contributed by atoms with Gasteiger partial charge < -0.3 is 14.7 Å². The first-order chi connectivity index (χ1) is 11.9. The predicted octanol–water partition coefficient (Wildman–Crippen LogP) is 4.47. The van der Waals surface area contributed by atoms with E-state index in [1.807, 2.05) is 36.4 Å². The molecule has 0 saturated carbocycles. The van der Waals surface area contributed by atoms with E-state index in [1.54, 1.807) is 0 Å². The Morgan fingerprint density at radius 2 is 2.08 bits per heavy atom. The Morgan fingerprint density at radius 3 is 2.68 bits per heavy atom. The van der Waals surface area contributed by atoms with Crippen molar-refractivity contribution in [3.05, 3.63) is 64.4 Å². The predicted molar refractivity (Wildman–Crippen MR) is 91.2 cm³/mol. The Hall–Kier alpha value is -2.78. The van der Waals surface area contributed by atoms with Crippen LogP contribution in [0.25, 0.3) is 0 Å². The van der Waals surface area contributed by atoms with Gasteiger partial charge >= 0.3 is 6.09 Å². The molecule has 5 nitrogen and oxygen atoms in total. The molecule has 0 radical (unpaired) electrons. The van der Waals surface area contributed by atoms with Crippen LogP contribution in [0.15, 0.2) is 42.5 Å². The highest BCUT2D eigenvalue weighted by Gasteiger charge is 2.19. The second-order valence-electron chi connectivity index (χ2n) is 5.38. The molecule has 0 spiro atoms. The number of nitriles is 1. The quantitative estimate of drug-likeness (QED) is 0.822. The second kappa shape index (κ2) is 8.36. The van der Waals surface area contributed by atoms with Gasteiger partial charge in [0.1, 0.15) is 23.7 Å². The Kier molecular flexibility index (Phi) is 6.20. The van der Waals surface area contributed by atoms with Gasteiger partial charge in [0, 0.05) is 26.1 Å². The van der Waals surface area contributed by atoms with Gasteiger partial charge in [-0.05, 0) is 11.6 Å². The minimum Gasteiger partial charge on any atom is -0.484 e. The molecule has 0 bridgehead atoms. The average molecular weight is 363 g/mol. The molecule has 0 fully saturated rings. The number of amides is 1. The lowest BCUT2D eigenvalue weighted by atomic mass is 10.1. The van der Waals surface area contributed by atoms with E-state index in [2.05, 4.69) is 0 Å². The second-order valence-corrected chi connectivity index (χ2v) is 5.79. The molecule has 2 aromatic rings. The van der Waals surface area contributed by atoms with Crippen LogP contribution in [0.5, 0.6) is 5.75 Å². The van der Waals surface area contributed by atoms with E-state index < -0.39 is 18.0 Å². The van der Waals surface area contributed by atoms with E-state index in [1.165, 1.54) is 13.1 Å². The summed E-state index contributed by atoms with van der Waals surface area (Å²) < 4.78 is 19.4. The molecule has 2 rings (SSSR count). The zero-order valence-electron chi connectivity index (χ0n) is 13.4. The highest BCUT2D eigenvalue weighted by Crippen LogP contribution is 2.31. The fourth-order valence-corrected chi connectivity index (χ4v) is 2.39. The number of nitrogens with zero attached hydrogens (tertiary/aromatic N) is 2. The zero-order chi connectivity index (χ0) is 18.4. The van der Waals surface area contributed by atoms with Gasteiger partial charge in [-0.2, -0.15) is 5.26 Å². The van der Waals surface area contributed by atoms with Crippen LogP contribution in [0.1, 0.15) is 23.7 Å². The van der Waals surface area contributed by atoms with Gasteiger partial charge in [0.05, 0.1) is 10.6 Å². The number of carbonyl (C=O) groups is 1. The molecule has 0 heterocycles. The lowest BCUT2D eigenvalue weighted by molar-refractivity contribution is 0.140. The number of benzene rings is 2. The van der Waals surface area contributed by atoms with Crippen molar-refractivity contribution in [1.82, 2.24) is 4.90 Å². The number of hydrogen-bond donors (Lipinski definition) is 1. The first-order valence-corrected chi connectivity index (χ1v) is 7.85. The van der Waals surface area contributed by atoms with Gasteiger partial charge in [0.25, 0.3) is 0 Å². The van der Waals surface area contributed by atoms with Crippen molar-refractivity contribution in [1.29, 1.82) is 5.26 Å². The number of carboxylic acid groups (broad SMARTS) is 1. The standard InChI is InChI=1S/C18H16ClFN2O3/c1-22(18(23)24)8-7-16(12-5-3-2-4-6-12)25-17-10-14(19)15(20)9-13(17)11-21/h2-6,9-10,16H,7-8H2,1H3,(H,23,24)/t16-/m1/s1. The van der Waals surface area contributed by atoms with E-state index in [4.69, 9.17) is 21.4 Å². The third-order valence-corrected chi connectivity index (χ3v) is 3.93. The van der Waals surface area contributed by atoms with Gasteiger partial charge in [-0.15, -0.1) is 0 Å². The summed E-state index contributed by atoms with van der Waals surface area (Å²) >= 11 is 5.79. The van der Waals surface area contributed by atoms with Crippen LogP contribution in [0.4, 0.5) is 9.18 Å². The number of rotatable bonds is 6. The highest BCUT2D eigenvalue weighted by molar-refractivity contribution is 6.30. The summed E-state index contributed by atoms with van der Waals surface area (Å²) in [5, 5.41) is 18.0. The van der Waals surface area contributed by atoms with Crippen molar-refractivity contribution < 1.29 is 19.0 Å². The van der Waals surface area contributed by atoms with Gasteiger partial charge in [0.2, 0.25) is 0 Å². The Bertz CT molecular complexity index is 793. The topological polar surface area (TPSA) is 73.6 Å². The summed E-state index contributed by atoms with van der Waals surface area (Å²) in [6.07, 6.45) is -1.21. The molecule has 1 atom stereocenters. The molecule has 25 heavy (non-hydrogen) atoms. The summed E-state index contributed by atoms with van der Waals surface area (Å²) in [5.41, 5.74) is 0.833. The summed E-state index contributed by atoms with van der Waals surface area (Å²) in [6, 6.07) is 13.3. The third-order valence-electron chi connectivity index (χ3n) is 3.64. The molecule has 0 unspecified atom stereocenters. The van der Waals surface area contributed by atoms with Crippen LogP contribution < -0.4 is 4.74 Å². The molecule has 0 aliphatic rings. The molecule has 130 valence electrons. The average Bonchev–Trinajstić information content (AvgIpc) is 2.61. The molecule has 2 aromatic carbocycles. The molecule has 1 amide bonds. The summed E-state index contributed by atoms with van der Waals surface area (Å²) in [7, 11) is 1.46. The van der Waals surface area contributed by atoms with Crippen molar-refractivity contribution in [2.24, 2.45) is 0 Å². The maximum absolute atomic E-state index is 13.5. The Labute approximate surface area is 149 Å². The normalized spacial score (nSPS) is 11.4. The molecule has 7 heteroatoms. The summed E-state index contributed by atoms with van der Waals surface area (Å²) in [4.78, 5) is 12.1. The molecule has 0 aliphatic heterocycles. The van der Waals surface area contributed by atoms with E-state index >= 15 is 0 Å². The van der Waals surface area contributed by atoms with E-state index in [0.717, 1.165) is 16.5 Å². The van der Waals surface area contributed by atoms with Crippen LogP contribution in [0, 0.1) is 17.1 Å². The SMILES string of the molecule is CN(CC[C@@H](Oc1cc(Cl)c(F)cc1C#N)c1ccccc1)C(=O)O. The molecule has 0 aliphatic carbocycles. The van der Waals surface area contributed by atoms with Crippen molar-refractivity contribution in [3.8, 4) is 11.8 Å². The highest BCUT2D eigenvalue weighted by atomic mass is 35.5. The fraction of sp³-hybridized carbons (Fsp3) is 0.222. The fourth-order valence-electron chi connectivity index (χ4n) is 2.23. The minimum atomic E-state index is -1.05. The van der Waals surface area contributed by atoms with Crippen LogP contribution >= 0.6 is 11.6 Å². The molecular formula is C18H16ClFN2O3. The lowest BCUT2D eigenvalue weighted by Crippen LogP contribution is -2.27. The van der Waals surface area contributed by atoms with Crippen LogP contribution in [0.3, 0.4) is 0 Å². The van der Waals surface area contributed by atoms with Crippen molar-refractivity contribution >= 4 is 17.7 Å². The maximum atomic E-state index is 13.5. The maximum Gasteiger partial charge on any atom is 0.407 e. The zero-order valence-corrected chi connectivity index (χ0v) is 14.2. The van der Waals surface area contributed by atoms with E-state index in [0.29, 0.717) is 6.42 Å². The number of hydrogen-bond acceptors (Lipinski definition) is 3. The van der Waals surface area contributed by atoms with Crippen LogP contribution in [-0.4, -0.2) is 29.7 Å². The summed E-state index contributed by atoms with van der Waals surface area (Å²) in [5.74, 6) is -0.548. The molecule has 1 N–H and O–H groups in total.